The molecular formula is C9H13FN2O9P2S. The van der Waals surface area contributed by atoms with Gasteiger partial charge in [-0.25, -0.2) is 18.3 Å². The topological polar surface area (TPSA) is 160 Å². The lowest BCUT2D eigenvalue weighted by Crippen LogP contribution is -2.31. The van der Waals surface area contributed by atoms with Crippen LogP contribution in [0.15, 0.2) is 17.1 Å². The van der Waals surface area contributed by atoms with E-state index in [0.717, 1.165) is 4.57 Å². The molecule has 1 aromatic rings. The van der Waals surface area contributed by atoms with Crippen molar-refractivity contribution in [2.24, 2.45) is 0 Å². The van der Waals surface area contributed by atoms with E-state index in [9.17, 15) is 18.3 Å². The second-order valence-electron chi connectivity index (χ2n) is 4.83. The minimum atomic E-state index is -5.30. The van der Waals surface area contributed by atoms with Crippen molar-refractivity contribution >= 4 is 27.9 Å². The van der Waals surface area contributed by atoms with Gasteiger partial charge in [0.2, 0.25) is 5.85 Å². The number of alkyl halides is 1. The van der Waals surface area contributed by atoms with E-state index in [1.807, 2.05) is 0 Å². The van der Waals surface area contributed by atoms with E-state index in [4.69, 9.17) is 31.6 Å². The standard InChI is InChI=1S/C9H13FN2O9P2S/c10-9(5-19-23(17,18)21-22(14,15)16)3-1-7(20-9)12-4-2-6(24)11-8(12)13/h2,4,7H,1,3,5H2,(H,17,18)(H,11,13,24)(H2,14,15,16)/t7-,9+/m1/s1. The molecule has 1 fully saturated rings. The number of nitrogens with one attached hydrogen (secondary N) is 1. The highest BCUT2D eigenvalue weighted by Crippen LogP contribution is 2.58. The molecule has 0 spiro atoms. The molecule has 3 atom stereocenters. The highest BCUT2D eigenvalue weighted by molar-refractivity contribution is 7.71. The Morgan fingerprint density at radius 3 is 2.75 bits per heavy atom. The van der Waals surface area contributed by atoms with E-state index < -0.39 is 40.0 Å². The largest absolute Gasteiger partial charge is 0.481 e. The fourth-order valence-electron chi connectivity index (χ4n) is 1.99. The van der Waals surface area contributed by atoms with Crippen molar-refractivity contribution in [3.05, 3.63) is 27.4 Å². The molecule has 1 aliphatic heterocycles. The lowest BCUT2D eigenvalue weighted by atomic mass is 10.2. The zero-order chi connectivity index (χ0) is 18.2. The summed E-state index contributed by atoms with van der Waals surface area (Å²) < 4.78 is 50.2. The lowest BCUT2D eigenvalue weighted by Gasteiger charge is -2.22. The summed E-state index contributed by atoms with van der Waals surface area (Å²) in [5.74, 6) is -2.55. The smallest absolute Gasteiger partial charge is 0.320 e. The summed E-state index contributed by atoms with van der Waals surface area (Å²) in [6.07, 6.45) is 0.0280. The first-order valence-electron chi connectivity index (χ1n) is 6.32. The van der Waals surface area contributed by atoms with Crippen molar-refractivity contribution in [3.8, 4) is 0 Å². The SMILES string of the molecule is O=c1[nH]c(=S)ccn1[C@H]1CC[C@@](F)(COP(=O)(O)OP(=O)(O)O)O1. The van der Waals surface area contributed by atoms with Gasteiger partial charge in [0.15, 0.2) is 0 Å². The predicted molar refractivity (Wildman–Crippen MR) is 78.0 cm³/mol. The van der Waals surface area contributed by atoms with Gasteiger partial charge >= 0.3 is 21.3 Å². The Labute approximate surface area is 138 Å². The molecule has 0 aliphatic carbocycles. The second kappa shape index (κ2) is 6.87. The van der Waals surface area contributed by atoms with Crippen molar-refractivity contribution in [1.29, 1.82) is 0 Å². The van der Waals surface area contributed by atoms with Crippen molar-refractivity contribution in [1.82, 2.24) is 9.55 Å². The van der Waals surface area contributed by atoms with E-state index in [0.29, 0.717) is 0 Å². The first-order valence-corrected chi connectivity index (χ1v) is 9.75. The van der Waals surface area contributed by atoms with Crippen LogP contribution in [0.4, 0.5) is 4.39 Å². The average Bonchev–Trinajstić information content (AvgIpc) is 2.77. The van der Waals surface area contributed by atoms with E-state index in [2.05, 4.69) is 13.8 Å². The van der Waals surface area contributed by atoms with Gasteiger partial charge in [-0.05, 0) is 12.5 Å². The molecule has 1 unspecified atom stereocenters. The Morgan fingerprint density at radius 2 is 2.17 bits per heavy atom. The monoisotopic (exact) mass is 406 g/mol. The van der Waals surface area contributed by atoms with Gasteiger partial charge in [0, 0.05) is 12.6 Å². The molecule has 136 valence electrons. The normalized spacial score (nSPS) is 27.1. The summed E-state index contributed by atoms with van der Waals surface area (Å²) in [5, 5.41) is 0. The molecule has 24 heavy (non-hydrogen) atoms. The fourth-order valence-corrected chi connectivity index (χ4v) is 3.76. The van der Waals surface area contributed by atoms with Gasteiger partial charge in [0.1, 0.15) is 17.5 Å². The van der Waals surface area contributed by atoms with Crippen LogP contribution in [0, 0.1) is 4.64 Å². The Balaban J connectivity index is 2.03. The number of aromatic amines is 1. The van der Waals surface area contributed by atoms with Crippen molar-refractivity contribution in [2.45, 2.75) is 24.9 Å². The molecule has 0 bridgehead atoms. The number of phosphoric acid groups is 2. The van der Waals surface area contributed by atoms with Crippen LogP contribution in [-0.4, -0.2) is 36.7 Å². The summed E-state index contributed by atoms with van der Waals surface area (Å²) in [7, 11) is -10.5. The third-order valence-electron chi connectivity index (χ3n) is 2.93. The number of H-pyrrole nitrogens is 1. The zero-order valence-electron chi connectivity index (χ0n) is 11.8. The summed E-state index contributed by atoms with van der Waals surface area (Å²) >= 11 is 4.76. The molecule has 1 saturated heterocycles. The van der Waals surface area contributed by atoms with Crippen LogP contribution in [0.1, 0.15) is 19.1 Å². The van der Waals surface area contributed by atoms with Crippen LogP contribution >= 0.6 is 27.9 Å². The van der Waals surface area contributed by atoms with Crippen LogP contribution in [-0.2, 0) is 22.7 Å². The minimum Gasteiger partial charge on any atom is -0.320 e. The van der Waals surface area contributed by atoms with Gasteiger partial charge < -0.3 is 19.4 Å². The number of hydrogen-bond acceptors (Lipinski definition) is 7. The van der Waals surface area contributed by atoms with Gasteiger partial charge in [-0.1, -0.05) is 12.2 Å². The van der Waals surface area contributed by atoms with E-state index in [1.54, 1.807) is 0 Å². The summed E-state index contributed by atoms with van der Waals surface area (Å²) in [4.78, 5) is 40.1. The van der Waals surface area contributed by atoms with E-state index in [-0.39, 0.29) is 17.5 Å². The quantitative estimate of drug-likeness (QED) is 0.398. The maximum absolute atomic E-state index is 14.4. The van der Waals surface area contributed by atoms with Crippen molar-refractivity contribution in [3.63, 3.8) is 0 Å². The Hall–Kier alpha value is -0.750. The molecule has 0 amide bonds. The molecule has 1 aliphatic rings. The van der Waals surface area contributed by atoms with Gasteiger partial charge in [-0.3, -0.25) is 14.1 Å². The molecule has 11 nitrogen and oxygen atoms in total. The fraction of sp³-hybridized carbons (Fsp3) is 0.556. The van der Waals surface area contributed by atoms with Gasteiger partial charge in [-0.2, -0.15) is 4.31 Å². The minimum absolute atomic E-state index is 0.0411. The molecule has 1 aromatic heterocycles. The van der Waals surface area contributed by atoms with Crippen LogP contribution in [0.25, 0.3) is 0 Å². The molecule has 15 heteroatoms. The number of ether oxygens (including phenoxy) is 1. The number of rotatable bonds is 6. The summed E-state index contributed by atoms with van der Waals surface area (Å²) in [6, 6.07) is 1.39. The van der Waals surface area contributed by atoms with Crippen molar-refractivity contribution < 1.29 is 41.8 Å². The Kier molecular flexibility index (Phi) is 5.60. The molecule has 0 saturated carbocycles. The molecule has 2 rings (SSSR count). The van der Waals surface area contributed by atoms with E-state index >= 15 is 0 Å². The van der Waals surface area contributed by atoms with Gasteiger partial charge in [0.25, 0.3) is 0 Å². The molecular weight excluding hydrogens is 393 g/mol. The Bertz CT molecular complexity index is 822. The summed E-state index contributed by atoms with van der Waals surface area (Å²) in [6.45, 7) is -1.13. The van der Waals surface area contributed by atoms with Crippen LogP contribution in [0.5, 0.6) is 0 Å². The molecule has 2 heterocycles. The van der Waals surface area contributed by atoms with Crippen LogP contribution in [0.3, 0.4) is 0 Å². The highest BCUT2D eigenvalue weighted by Gasteiger charge is 2.45. The molecule has 4 N–H and O–H groups in total. The third kappa shape index (κ3) is 5.38. The second-order valence-corrected chi connectivity index (χ2v) is 8.10. The average molecular weight is 406 g/mol. The van der Waals surface area contributed by atoms with Crippen LogP contribution < -0.4 is 5.69 Å². The number of phosphoric ester groups is 1. The molecule has 0 aromatic carbocycles. The number of halogens is 1. The molecule has 0 radical (unpaired) electrons. The highest BCUT2D eigenvalue weighted by atomic mass is 32.1. The van der Waals surface area contributed by atoms with Crippen molar-refractivity contribution in [2.75, 3.05) is 6.61 Å². The van der Waals surface area contributed by atoms with Gasteiger partial charge in [0.05, 0.1) is 0 Å². The number of aromatic nitrogens is 2. The number of nitrogens with zero attached hydrogens (tertiary/aromatic N) is 1. The van der Waals surface area contributed by atoms with Gasteiger partial charge in [-0.15, -0.1) is 0 Å². The van der Waals surface area contributed by atoms with Crippen LogP contribution in [0.2, 0.25) is 0 Å². The van der Waals surface area contributed by atoms with E-state index in [1.165, 1.54) is 12.3 Å². The third-order valence-corrected chi connectivity index (χ3v) is 5.30. The predicted octanol–water partition coefficient (Wildman–Crippen LogP) is 1.11. The number of hydrogen-bond donors (Lipinski definition) is 4. The first kappa shape index (κ1) is 19.6. The maximum Gasteiger partial charge on any atom is 0.481 e. The first-order chi connectivity index (χ1) is 10.9. The lowest BCUT2D eigenvalue weighted by molar-refractivity contribution is -0.175. The Morgan fingerprint density at radius 1 is 1.50 bits per heavy atom. The zero-order valence-corrected chi connectivity index (χ0v) is 14.4. The maximum atomic E-state index is 14.4. The summed E-state index contributed by atoms with van der Waals surface area (Å²) in [5.41, 5.74) is -0.629.